The number of anilines is 1. The van der Waals surface area contributed by atoms with E-state index in [1.807, 2.05) is 30.3 Å². The normalized spacial score (nSPS) is 10.1. The van der Waals surface area contributed by atoms with Crippen molar-refractivity contribution in [1.82, 2.24) is 0 Å². The van der Waals surface area contributed by atoms with Gasteiger partial charge in [0.05, 0.1) is 19.8 Å². The Morgan fingerprint density at radius 2 is 1.45 bits per heavy atom. The van der Waals surface area contributed by atoms with E-state index in [1.54, 1.807) is 30.3 Å². The predicted molar refractivity (Wildman–Crippen MR) is 116 cm³/mol. The second-order valence-corrected chi connectivity index (χ2v) is 6.52. The average Bonchev–Trinajstić information content (AvgIpc) is 2.82. The molecule has 0 saturated carbocycles. The minimum Gasteiger partial charge on any atom is -0.497 e. The molecule has 0 fully saturated rings. The smallest absolute Gasteiger partial charge is 0.338 e. The summed E-state index contributed by atoms with van der Waals surface area (Å²) in [5.41, 5.74) is 1.86. The lowest BCUT2D eigenvalue weighted by Crippen LogP contribution is -2.21. The van der Waals surface area contributed by atoms with Gasteiger partial charge in [-0.25, -0.2) is 4.79 Å². The summed E-state index contributed by atoms with van der Waals surface area (Å²) >= 11 is 0. The van der Waals surface area contributed by atoms with E-state index in [4.69, 9.17) is 18.9 Å². The highest BCUT2D eigenvalue weighted by Gasteiger charge is 2.13. The second kappa shape index (κ2) is 10.7. The Balaban J connectivity index is 1.48. The number of methoxy groups -OCH3 is 2. The van der Waals surface area contributed by atoms with Gasteiger partial charge in [0.15, 0.2) is 6.61 Å². The summed E-state index contributed by atoms with van der Waals surface area (Å²) in [6, 6.07) is 21.4. The summed E-state index contributed by atoms with van der Waals surface area (Å²) in [6.07, 6.45) is 0. The molecular weight excluding hydrogens is 398 g/mol. The zero-order valence-electron chi connectivity index (χ0n) is 17.3. The lowest BCUT2D eigenvalue weighted by molar-refractivity contribution is -0.119. The molecule has 1 N–H and O–H groups in total. The summed E-state index contributed by atoms with van der Waals surface area (Å²) in [7, 11) is 2.96. The topological polar surface area (TPSA) is 83.1 Å². The Kier molecular flexibility index (Phi) is 7.48. The molecule has 0 aliphatic rings. The molecule has 0 saturated heterocycles. The van der Waals surface area contributed by atoms with E-state index in [1.165, 1.54) is 26.4 Å². The average molecular weight is 421 g/mol. The van der Waals surface area contributed by atoms with Gasteiger partial charge in [0.1, 0.15) is 23.9 Å². The molecule has 0 bridgehead atoms. The largest absolute Gasteiger partial charge is 0.497 e. The van der Waals surface area contributed by atoms with E-state index in [0.717, 1.165) is 5.56 Å². The van der Waals surface area contributed by atoms with Crippen molar-refractivity contribution >= 4 is 17.6 Å². The third-order valence-electron chi connectivity index (χ3n) is 4.31. The Labute approximate surface area is 180 Å². The number of hydrogen-bond acceptors (Lipinski definition) is 6. The van der Waals surface area contributed by atoms with Crippen LogP contribution in [0, 0.1) is 0 Å². The van der Waals surface area contributed by atoms with Crippen LogP contribution < -0.4 is 19.5 Å². The molecule has 0 heterocycles. The Bertz CT molecular complexity index is 996. The number of nitrogens with one attached hydrogen (secondary N) is 1. The van der Waals surface area contributed by atoms with Gasteiger partial charge in [-0.15, -0.1) is 0 Å². The molecule has 0 aromatic heterocycles. The lowest BCUT2D eigenvalue weighted by Gasteiger charge is -2.10. The fourth-order valence-corrected chi connectivity index (χ4v) is 2.71. The van der Waals surface area contributed by atoms with E-state index >= 15 is 0 Å². The molecule has 0 unspecified atom stereocenters. The molecule has 0 spiro atoms. The van der Waals surface area contributed by atoms with Crippen LogP contribution in [0.3, 0.4) is 0 Å². The van der Waals surface area contributed by atoms with Crippen LogP contribution in [0.1, 0.15) is 15.9 Å². The quantitative estimate of drug-likeness (QED) is 0.524. The summed E-state index contributed by atoms with van der Waals surface area (Å²) in [5.74, 6) is 0.467. The fourth-order valence-electron chi connectivity index (χ4n) is 2.71. The van der Waals surface area contributed by atoms with Crippen LogP contribution >= 0.6 is 0 Å². The van der Waals surface area contributed by atoms with Crippen LogP contribution in [-0.4, -0.2) is 32.7 Å². The van der Waals surface area contributed by atoms with Gasteiger partial charge in [-0.05, 0) is 42.0 Å². The Morgan fingerprint density at radius 1 is 0.806 bits per heavy atom. The minimum atomic E-state index is -0.656. The first-order valence-electron chi connectivity index (χ1n) is 9.54. The Hall–Kier alpha value is -4.00. The van der Waals surface area contributed by atoms with Crippen molar-refractivity contribution in [3.8, 4) is 17.2 Å². The van der Waals surface area contributed by atoms with Crippen LogP contribution in [0.15, 0.2) is 72.8 Å². The predicted octanol–water partition coefficient (Wildman–Crippen LogP) is 4.08. The van der Waals surface area contributed by atoms with Gasteiger partial charge in [-0.3, -0.25) is 4.79 Å². The van der Waals surface area contributed by atoms with E-state index < -0.39 is 18.5 Å². The molecule has 0 atom stereocenters. The molecular formula is C24H23NO6. The monoisotopic (exact) mass is 421 g/mol. The van der Waals surface area contributed by atoms with Crippen LogP contribution in [0.25, 0.3) is 0 Å². The summed E-state index contributed by atoms with van der Waals surface area (Å²) < 4.78 is 21.1. The maximum Gasteiger partial charge on any atom is 0.338 e. The number of ether oxygens (including phenoxy) is 4. The van der Waals surface area contributed by atoms with Gasteiger partial charge < -0.3 is 24.3 Å². The van der Waals surface area contributed by atoms with Gasteiger partial charge in [-0.2, -0.15) is 0 Å². The number of benzene rings is 3. The number of carbonyl (C=O) groups excluding carboxylic acids is 2. The first-order valence-corrected chi connectivity index (χ1v) is 9.54. The third-order valence-corrected chi connectivity index (χ3v) is 4.31. The van der Waals surface area contributed by atoms with Crippen molar-refractivity contribution in [1.29, 1.82) is 0 Å². The number of amides is 1. The standard InChI is InChI=1S/C24H23NO6/c1-28-21-12-18(13-22(14-21)29-2)24(27)31-16-23(26)25-19-8-10-20(11-9-19)30-15-17-6-4-3-5-7-17/h3-14H,15-16H2,1-2H3,(H,25,26). The highest BCUT2D eigenvalue weighted by Crippen LogP contribution is 2.23. The van der Waals surface area contributed by atoms with Gasteiger partial charge in [0.25, 0.3) is 5.91 Å². The second-order valence-electron chi connectivity index (χ2n) is 6.52. The van der Waals surface area contributed by atoms with Crippen LogP contribution in [0.4, 0.5) is 5.69 Å². The molecule has 0 aliphatic carbocycles. The lowest BCUT2D eigenvalue weighted by atomic mass is 10.2. The maximum absolute atomic E-state index is 12.2. The summed E-state index contributed by atoms with van der Waals surface area (Å²) in [6.45, 7) is 0.0299. The van der Waals surface area contributed by atoms with Gasteiger partial charge in [0, 0.05) is 11.8 Å². The molecule has 3 aromatic rings. The van der Waals surface area contributed by atoms with Crippen molar-refractivity contribution in [2.45, 2.75) is 6.61 Å². The van der Waals surface area contributed by atoms with Crippen LogP contribution in [-0.2, 0) is 16.1 Å². The molecule has 3 aromatic carbocycles. The molecule has 31 heavy (non-hydrogen) atoms. The number of carbonyl (C=O) groups is 2. The summed E-state index contributed by atoms with van der Waals surface area (Å²) in [5, 5.41) is 2.67. The fraction of sp³-hybridized carbons (Fsp3) is 0.167. The van der Waals surface area contributed by atoms with Gasteiger partial charge >= 0.3 is 5.97 Å². The van der Waals surface area contributed by atoms with Crippen LogP contribution in [0.2, 0.25) is 0 Å². The summed E-state index contributed by atoms with van der Waals surface area (Å²) in [4.78, 5) is 24.4. The van der Waals surface area contributed by atoms with Crippen molar-refractivity contribution in [2.24, 2.45) is 0 Å². The molecule has 0 radical (unpaired) electrons. The highest BCUT2D eigenvalue weighted by atomic mass is 16.5. The van der Waals surface area contributed by atoms with E-state index in [0.29, 0.717) is 29.5 Å². The van der Waals surface area contributed by atoms with Crippen molar-refractivity contribution in [3.05, 3.63) is 83.9 Å². The highest BCUT2D eigenvalue weighted by molar-refractivity contribution is 5.95. The van der Waals surface area contributed by atoms with Gasteiger partial charge in [0.2, 0.25) is 0 Å². The van der Waals surface area contributed by atoms with E-state index in [2.05, 4.69) is 5.32 Å². The Morgan fingerprint density at radius 3 is 2.06 bits per heavy atom. The van der Waals surface area contributed by atoms with E-state index in [-0.39, 0.29) is 5.56 Å². The van der Waals surface area contributed by atoms with Gasteiger partial charge in [-0.1, -0.05) is 30.3 Å². The SMILES string of the molecule is COc1cc(OC)cc(C(=O)OCC(=O)Nc2ccc(OCc3ccccc3)cc2)c1. The first kappa shape index (κ1) is 21.7. The number of hydrogen-bond donors (Lipinski definition) is 1. The van der Waals surface area contributed by atoms with Crippen molar-refractivity contribution < 1.29 is 28.5 Å². The molecule has 3 rings (SSSR count). The minimum absolute atomic E-state index is 0.226. The zero-order chi connectivity index (χ0) is 22.1. The molecule has 7 nitrogen and oxygen atoms in total. The van der Waals surface area contributed by atoms with Crippen molar-refractivity contribution in [2.75, 3.05) is 26.1 Å². The first-order chi connectivity index (χ1) is 15.1. The number of rotatable bonds is 9. The molecule has 7 heteroatoms. The van der Waals surface area contributed by atoms with Crippen molar-refractivity contribution in [3.63, 3.8) is 0 Å². The maximum atomic E-state index is 12.2. The molecule has 0 aliphatic heterocycles. The van der Waals surface area contributed by atoms with Crippen LogP contribution in [0.5, 0.6) is 17.2 Å². The zero-order valence-corrected chi connectivity index (χ0v) is 17.3. The molecule has 160 valence electrons. The number of esters is 1. The molecule has 1 amide bonds. The van der Waals surface area contributed by atoms with E-state index in [9.17, 15) is 9.59 Å². The third kappa shape index (κ3) is 6.50.